The SMILES string of the molecule is CNCC1CCN(S(=O)(=O)Cc2cccc3cccnc23)C1. The molecule has 1 aromatic heterocycles. The molecule has 0 radical (unpaired) electrons. The first kappa shape index (κ1) is 15.4. The van der Waals surface area contributed by atoms with E-state index in [1.165, 1.54) is 0 Å². The molecule has 1 aliphatic rings. The maximum absolute atomic E-state index is 12.7. The monoisotopic (exact) mass is 319 g/mol. The first-order valence-corrected chi connectivity index (χ1v) is 9.16. The third-order valence-electron chi connectivity index (χ3n) is 4.19. The fourth-order valence-corrected chi connectivity index (χ4v) is 4.71. The number of hydrogen-bond donors (Lipinski definition) is 1. The van der Waals surface area contributed by atoms with Crippen molar-refractivity contribution in [1.29, 1.82) is 0 Å². The van der Waals surface area contributed by atoms with E-state index in [9.17, 15) is 8.42 Å². The molecule has 22 heavy (non-hydrogen) atoms. The van der Waals surface area contributed by atoms with Gasteiger partial charge in [0, 0.05) is 24.7 Å². The molecular weight excluding hydrogens is 298 g/mol. The minimum atomic E-state index is -3.29. The molecule has 1 saturated heterocycles. The Morgan fingerprint density at radius 2 is 2.14 bits per heavy atom. The fraction of sp³-hybridized carbons (Fsp3) is 0.438. The van der Waals surface area contributed by atoms with E-state index in [0.717, 1.165) is 29.4 Å². The van der Waals surface area contributed by atoms with Gasteiger partial charge in [-0.25, -0.2) is 12.7 Å². The Hall–Kier alpha value is -1.50. The molecule has 2 heterocycles. The number of rotatable bonds is 5. The highest BCUT2D eigenvalue weighted by Gasteiger charge is 2.31. The number of aromatic nitrogens is 1. The van der Waals surface area contributed by atoms with Crippen LogP contribution < -0.4 is 5.32 Å². The smallest absolute Gasteiger partial charge is 0.218 e. The Labute approximate surface area is 131 Å². The molecule has 1 N–H and O–H groups in total. The Bertz CT molecular complexity index is 756. The summed E-state index contributed by atoms with van der Waals surface area (Å²) in [7, 11) is -1.39. The summed E-state index contributed by atoms with van der Waals surface area (Å²) in [6, 6.07) is 9.52. The Morgan fingerprint density at radius 3 is 2.95 bits per heavy atom. The molecule has 1 aromatic carbocycles. The predicted octanol–water partition coefficient (Wildman–Crippen LogP) is 1.61. The molecular formula is C16H21N3O2S. The summed E-state index contributed by atoms with van der Waals surface area (Å²) in [6.07, 6.45) is 2.63. The van der Waals surface area contributed by atoms with Gasteiger partial charge in [0.25, 0.3) is 0 Å². The topological polar surface area (TPSA) is 62.3 Å². The van der Waals surface area contributed by atoms with Crippen molar-refractivity contribution in [2.75, 3.05) is 26.7 Å². The van der Waals surface area contributed by atoms with Crippen LogP contribution in [0.5, 0.6) is 0 Å². The molecule has 0 bridgehead atoms. The molecule has 3 rings (SSSR count). The van der Waals surface area contributed by atoms with Crippen molar-refractivity contribution in [2.24, 2.45) is 5.92 Å². The minimum absolute atomic E-state index is 0.0215. The Morgan fingerprint density at radius 1 is 1.32 bits per heavy atom. The second kappa shape index (κ2) is 6.32. The van der Waals surface area contributed by atoms with Crippen LogP contribution in [-0.4, -0.2) is 44.4 Å². The molecule has 5 nitrogen and oxygen atoms in total. The normalized spacial score (nSPS) is 19.8. The van der Waals surface area contributed by atoms with Gasteiger partial charge in [-0.3, -0.25) is 4.98 Å². The van der Waals surface area contributed by atoms with Gasteiger partial charge in [0.15, 0.2) is 0 Å². The molecule has 0 spiro atoms. The highest BCUT2D eigenvalue weighted by atomic mass is 32.2. The first-order valence-electron chi connectivity index (χ1n) is 7.55. The van der Waals surface area contributed by atoms with Crippen molar-refractivity contribution in [3.05, 3.63) is 42.1 Å². The van der Waals surface area contributed by atoms with Gasteiger partial charge in [0.05, 0.1) is 11.3 Å². The molecule has 0 amide bonds. The van der Waals surface area contributed by atoms with Gasteiger partial charge >= 0.3 is 0 Å². The highest BCUT2D eigenvalue weighted by Crippen LogP contribution is 2.24. The molecule has 1 aliphatic heterocycles. The number of nitrogens with one attached hydrogen (secondary N) is 1. The van der Waals surface area contributed by atoms with Gasteiger partial charge in [0.1, 0.15) is 0 Å². The zero-order valence-corrected chi connectivity index (χ0v) is 13.5. The van der Waals surface area contributed by atoms with E-state index in [0.29, 0.717) is 19.0 Å². The van der Waals surface area contributed by atoms with Crippen LogP contribution in [0.1, 0.15) is 12.0 Å². The van der Waals surface area contributed by atoms with Crippen molar-refractivity contribution in [1.82, 2.24) is 14.6 Å². The highest BCUT2D eigenvalue weighted by molar-refractivity contribution is 7.88. The fourth-order valence-electron chi connectivity index (χ4n) is 3.08. The zero-order valence-electron chi connectivity index (χ0n) is 12.7. The number of pyridine rings is 1. The van der Waals surface area contributed by atoms with Gasteiger partial charge < -0.3 is 5.32 Å². The van der Waals surface area contributed by atoms with E-state index < -0.39 is 10.0 Å². The van der Waals surface area contributed by atoms with Gasteiger partial charge in [-0.1, -0.05) is 24.3 Å². The summed E-state index contributed by atoms with van der Waals surface area (Å²) in [4.78, 5) is 4.34. The van der Waals surface area contributed by atoms with Crippen LogP contribution in [0, 0.1) is 5.92 Å². The molecule has 1 unspecified atom stereocenters. The van der Waals surface area contributed by atoms with Crippen molar-refractivity contribution in [2.45, 2.75) is 12.2 Å². The molecule has 0 saturated carbocycles. The lowest BCUT2D eigenvalue weighted by Gasteiger charge is -2.17. The number of para-hydroxylation sites is 1. The lowest BCUT2D eigenvalue weighted by atomic mass is 10.1. The van der Waals surface area contributed by atoms with Crippen LogP contribution in [0.4, 0.5) is 0 Å². The largest absolute Gasteiger partial charge is 0.319 e. The van der Waals surface area contributed by atoms with Crippen molar-refractivity contribution >= 4 is 20.9 Å². The van der Waals surface area contributed by atoms with Crippen LogP contribution in [-0.2, 0) is 15.8 Å². The van der Waals surface area contributed by atoms with E-state index in [1.807, 2.05) is 37.4 Å². The molecule has 6 heteroatoms. The second-order valence-corrected chi connectivity index (χ2v) is 7.79. The lowest BCUT2D eigenvalue weighted by molar-refractivity contribution is 0.450. The summed E-state index contributed by atoms with van der Waals surface area (Å²) in [5.74, 6) is 0.429. The van der Waals surface area contributed by atoms with E-state index >= 15 is 0 Å². The van der Waals surface area contributed by atoms with Crippen LogP contribution >= 0.6 is 0 Å². The number of hydrogen-bond acceptors (Lipinski definition) is 4. The Balaban J connectivity index is 1.82. The Kier molecular flexibility index (Phi) is 4.42. The number of sulfonamides is 1. The first-order chi connectivity index (χ1) is 10.6. The quantitative estimate of drug-likeness (QED) is 0.909. The summed E-state index contributed by atoms with van der Waals surface area (Å²) in [5.41, 5.74) is 1.55. The molecule has 2 aromatic rings. The average molecular weight is 319 g/mol. The van der Waals surface area contributed by atoms with Crippen LogP contribution in [0.25, 0.3) is 10.9 Å². The summed E-state index contributed by atoms with van der Waals surface area (Å²) >= 11 is 0. The van der Waals surface area contributed by atoms with Gasteiger partial charge in [-0.2, -0.15) is 0 Å². The maximum atomic E-state index is 12.7. The third kappa shape index (κ3) is 3.14. The summed E-state index contributed by atoms with van der Waals surface area (Å²) in [6.45, 7) is 2.09. The minimum Gasteiger partial charge on any atom is -0.319 e. The van der Waals surface area contributed by atoms with Gasteiger partial charge in [0.2, 0.25) is 10.0 Å². The van der Waals surface area contributed by atoms with Crippen LogP contribution in [0.2, 0.25) is 0 Å². The van der Waals surface area contributed by atoms with Crippen molar-refractivity contribution in [3.8, 4) is 0 Å². The molecule has 118 valence electrons. The second-order valence-electron chi connectivity index (χ2n) is 5.82. The standard InChI is InChI=1S/C16H21N3O2S/c1-17-10-13-7-9-19(11-13)22(20,21)12-15-5-2-4-14-6-3-8-18-16(14)15/h2-6,8,13,17H,7,9-12H2,1H3. The predicted molar refractivity (Wildman–Crippen MR) is 88.0 cm³/mol. The van der Waals surface area contributed by atoms with E-state index in [2.05, 4.69) is 10.3 Å². The van der Waals surface area contributed by atoms with E-state index in [-0.39, 0.29) is 5.75 Å². The van der Waals surface area contributed by atoms with Gasteiger partial charge in [-0.05, 0) is 37.6 Å². The number of fused-ring (bicyclic) bond motifs is 1. The van der Waals surface area contributed by atoms with Crippen LogP contribution in [0.15, 0.2) is 36.5 Å². The molecule has 0 aliphatic carbocycles. The lowest BCUT2D eigenvalue weighted by Crippen LogP contribution is -2.31. The molecule has 1 fully saturated rings. The third-order valence-corrected chi connectivity index (χ3v) is 5.98. The zero-order chi connectivity index (χ0) is 15.6. The van der Waals surface area contributed by atoms with E-state index in [1.54, 1.807) is 10.5 Å². The summed E-state index contributed by atoms with van der Waals surface area (Å²) < 4.78 is 27.0. The molecule has 1 atom stereocenters. The van der Waals surface area contributed by atoms with Gasteiger partial charge in [-0.15, -0.1) is 0 Å². The van der Waals surface area contributed by atoms with Crippen molar-refractivity contribution < 1.29 is 8.42 Å². The maximum Gasteiger partial charge on any atom is 0.218 e. The average Bonchev–Trinajstić information content (AvgIpc) is 2.97. The van der Waals surface area contributed by atoms with Crippen LogP contribution in [0.3, 0.4) is 0 Å². The van der Waals surface area contributed by atoms with Crippen molar-refractivity contribution in [3.63, 3.8) is 0 Å². The number of nitrogens with zero attached hydrogens (tertiary/aromatic N) is 2. The summed E-state index contributed by atoms with van der Waals surface area (Å²) in [5, 5.41) is 4.10. The number of benzene rings is 1. The van der Waals surface area contributed by atoms with E-state index in [4.69, 9.17) is 0 Å².